The molecular formula is C21H28N2O5. The Bertz CT molecular complexity index is 702. The molecule has 1 N–H and O–H groups in total. The molecule has 28 heavy (non-hydrogen) atoms. The molecule has 0 aliphatic carbocycles. The summed E-state index contributed by atoms with van der Waals surface area (Å²) in [6, 6.07) is 9.66. The Morgan fingerprint density at radius 1 is 1.25 bits per heavy atom. The molecule has 0 bridgehead atoms. The number of benzene rings is 1. The SMILES string of the molecule is C[C@@H](c1ccccc1)N1C[C@H](C(=O)N(CCC(=O)O)C2CCOCC2)CC1=O. The Hall–Kier alpha value is -2.41. The smallest absolute Gasteiger partial charge is 0.305 e. The van der Waals surface area contributed by atoms with Gasteiger partial charge in [-0.05, 0) is 25.3 Å². The van der Waals surface area contributed by atoms with E-state index in [0.29, 0.717) is 32.6 Å². The summed E-state index contributed by atoms with van der Waals surface area (Å²) >= 11 is 0. The first-order valence-electron chi connectivity index (χ1n) is 9.91. The van der Waals surface area contributed by atoms with Gasteiger partial charge in [-0.3, -0.25) is 14.4 Å². The molecule has 2 heterocycles. The van der Waals surface area contributed by atoms with Crippen molar-refractivity contribution in [3.8, 4) is 0 Å². The van der Waals surface area contributed by atoms with Gasteiger partial charge in [0.25, 0.3) is 0 Å². The van der Waals surface area contributed by atoms with E-state index >= 15 is 0 Å². The van der Waals surface area contributed by atoms with Crippen LogP contribution in [0, 0.1) is 5.92 Å². The second-order valence-corrected chi connectivity index (χ2v) is 7.55. The maximum atomic E-state index is 13.2. The highest BCUT2D eigenvalue weighted by Gasteiger charge is 2.40. The molecule has 2 aliphatic heterocycles. The molecule has 2 amide bonds. The zero-order valence-corrected chi connectivity index (χ0v) is 16.3. The van der Waals surface area contributed by atoms with Crippen molar-refractivity contribution in [2.75, 3.05) is 26.3 Å². The fourth-order valence-electron chi connectivity index (χ4n) is 4.10. The lowest BCUT2D eigenvalue weighted by Crippen LogP contribution is -2.47. The summed E-state index contributed by atoms with van der Waals surface area (Å²) in [6.45, 7) is 3.67. The Labute approximate surface area is 165 Å². The van der Waals surface area contributed by atoms with Gasteiger partial charge in [0.1, 0.15) is 0 Å². The number of carbonyl (C=O) groups excluding carboxylic acids is 2. The molecule has 7 heteroatoms. The zero-order valence-electron chi connectivity index (χ0n) is 16.3. The van der Waals surface area contributed by atoms with Crippen LogP contribution in [0.1, 0.15) is 44.2 Å². The lowest BCUT2D eigenvalue weighted by Gasteiger charge is -2.35. The molecule has 2 fully saturated rings. The number of hydrogen-bond donors (Lipinski definition) is 1. The first-order valence-corrected chi connectivity index (χ1v) is 9.91. The van der Waals surface area contributed by atoms with Gasteiger partial charge in [-0.15, -0.1) is 0 Å². The van der Waals surface area contributed by atoms with Crippen LogP contribution in [-0.4, -0.2) is 65.0 Å². The minimum Gasteiger partial charge on any atom is -0.481 e. The zero-order chi connectivity index (χ0) is 20.1. The maximum Gasteiger partial charge on any atom is 0.305 e. The van der Waals surface area contributed by atoms with Crippen LogP contribution in [-0.2, 0) is 19.1 Å². The molecule has 0 saturated carbocycles. The summed E-state index contributed by atoms with van der Waals surface area (Å²) in [7, 11) is 0. The van der Waals surface area contributed by atoms with E-state index in [9.17, 15) is 14.4 Å². The summed E-state index contributed by atoms with van der Waals surface area (Å²) in [5.74, 6) is -1.48. The highest BCUT2D eigenvalue weighted by atomic mass is 16.5. The summed E-state index contributed by atoms with van der Waals surface area (Å²) in [5, 5.41) is 9.07. The quantitative estimate of drug-likeness (QED) is 0.773. The lowest BCUT2D eigenvalue weighted by molar-refractivity contribution is -0.142. The second kappa shape index (κ2) is 9.19. The van der Waals surface area contributed by atoms with Gasteiger partial charge >= 0.3 is 5.97 Å². The molecule has 1 aromatic rings. The predicted octanol–water partition coefficient (Wildman–Crippen LogP) is 2.08. The maximum absolute atomic E-state index is 13.2. The van der Waals surface area contributed by atoms with E-state index in [1.165, 1.54) is 0 Å². The van der Waals surface area contributed by atoms with Crippen molar-refractivity contribution in [2.24, 2.45) is 5.92 Å². The Balaban J connectivity index is 1.70. The second-order valence-electron chi connectivity index (χ2n) is 7.55. The summed E-state index contributed by atoms with van der Waals surface area (Å²) in [4.78, 5) is 40.3. The molecule has 0 unspecified atom stereocenters. The average molecular weight is 388 g/mol. The number of carboxylic acids is 1. The minimum atomic E-state index is -0.924. The summed E-state index contributed by atoms with van der Waals surface area (Å²) in [5.41, 5.74) is 1.04. The lowest BCUT2D eigenvalue weighted by atomic mass is 10.0. The molecule has 2 aliphatic rings. The van der Waals surface area contributed by atoms with Gasteiger partial charge in [0.15, 0.2) is 0 Å². The van der Waals surface area contributed by atoms with Crippen LogP contribution in [0.5, 0.6) is 0 Å². The highest BCUT2D eigenvalue weighted by Crippen LogP contribution is 2.30. The standard InChI is InChI=1S/C21H28N2O5/c1-15(16-5-3-2-4-6-16)23-14-17(13-19(23)24)21(27)22(10-7-20(25)26)18-8-11-28-12-9-18/h2-6,15,17-18H,7-14H2,1H3,(H,25,26)/t15-,17+/m0/s1. The van der Waals surface area contributed by atoms with Crippen molar-refractivity contribution in [1.29, 1.82) is 0 Å². The van der Waals surface area contributed by atoms with Crippen LogP contribution in [0.2, 0.25) is 0 Å². The monoisotopic (exact) mass is 388 g/mol. The molecule has 7 nitrogen and oxygen atoms in total. The Morgan fingerprint density at radius 3 is 2.57 bits per heavy atom. The minimum absolute atomic E-state index is 0.0173. The molecule has 2 atom stereocenters. The molecule has 0 spiro atoms. The van der Waals surface area contributed by atoms with Crippen LogP contribution in [0.3, 0.4) is 0 Å². The van der Waals surface area contributed by atoms with Crippen LogP contribution in [0.4, 0.5) is 0 Å². The van der Waals surface area contributed by atoms with Gasteiger partial charge in [0.05, 0.1) is 18.4 Å². The molecule has 0 radical (unpaired) electrons. The number of amides is 2. The molecule has 1 aromatic carbocycles. The fraction of sp³-hybridized carbons (Fsp3) is 0.571. The topological polar surface area (TPSA) is 87.2 Å². The van der Waals surface area contributed by atoms with E-state index in [0.717, 1.165) is 5.56 Å². The van der Waals surface area contributed by atoms with Crippen LogP contribution >= 0.6 is 0 Å². The first kappa shape index (κ1) is 20.3. The van der Waals surface area contributed by atoms with E-state index in [1.807, 2.05) is 37.3 Å². The fourth-order valence-corrected chi connectivity index (χ4v) is 4.10. The number of carboxylic acid groups (broad SMARTS) is 1. The number of rotatable bonds is 7. The van der Waals surface area contributed by atoms with E-state index < -0.39 is 11.9 Å². The molecule has 3 rings (SSSR count). The van der Waals surface area contributed by atoms with Crippen molar-refractivity contribution < 1.29 is 24.2 Å². The number of carbonyl (C=O) groups is 3. The number of aliphatic carboxylic acids is 1. The van der Waals surface area contributed by atoms with Crippen LogP contribution in [0.15, 0.2) is 30.3 Å². The van der Waals surface area contributed by atoms with Gasteiger partial charge in [0, 0.05) is 38.8 Å². The van der Waals surface area contributed by atoms with Gasteiger partial charge in [0.2, 0.25) is 11.8 Å². The highest BCUT2D eigenvalue weighted by molar-refractivity contribution is 5.89. The molecular weight excluding hydrogens is 360 g/mol. The van der Waals surface area contributed by atoms with Crippen molar-refractivity contribution >= 4 is 17.8 Å². The average Bonchev–Trinajstić information content (AvgIpc) is 3.10. The largest absolute Gasteiger partial charge is 0.481 e. The number of ether oxygens (including phenoxy) is 1. The van der Waals surface area contributed by atoms with Gasteiger partial charge in [-0.25, -0.2) is 0 Å². The predicted molar refractivity (Wildman–Crippen MR) is 102 cm³/mol. The summed E-state index contributed by atoms with van der Waals surface area (Å²) in [6.07, 6.45) is 1.50. The van der Waals surface area contributed by atoms with Crippen molar-refractivity contribution in [2.45, 2.75) is 44.7 Å². The number of likely N-dealkylation sites (tertiary alicyclic amines) is 1. The third kappa shape index (κ3) is 4.70. The van der Waals surface area contributed by atoms with Crippen molar-refractivity contribution in [1.82, 2.24) is 9.80 Å². The molecule has 152 valence electrons. The van der Waals surface area contributed by atoms with Crippen LogP contribution < -0.4 is 0 Å². The van der Waals surface area contributed by atoms with Crippen LogP contribution in [0.25, 0.3) is 0 Å². The Morgan fingerprint density at radius 2 is 1.93 bits per heavy atom. The summed E-state index contributed by atoms with van der Waals surface area (Å²) < 4.78 is 5.38. The van der Waals surface area contributed by atoms with Crippen molar-refractivity contribution in [3.05, 3.63) is 35.9 Å². The third-order valence-electron chi connectivity index (χ3n) is 5.74. The van der Waals surface area contributed by atoms with Gasteiger partial charge in [-0.1, -0.05) is 30.3 Å². The number of nitrogens with zero attached hydrogens (tertiary/aromatic N) is 2. The number of hydrogen-bond acceptors (Lipinski definition) is 4. The van der Waals surface area contributed by atoms with E-state index in [2.05, 4.69) is 0 Å². The van der Waals surface area contributed by atoms with Gasteiger partial charge < -0.3 is 19.6 Å². The van der Waals surface area contributed by atoms with Gasteiger partial charge in [-0.2, -0.15) is 0 Å². The van der Waals surface area contributed by atoms with E-state index in [-0.39, 0.29) is 43.3 Å². The van der Waals surface area contributed by atoms with E-state index in [4.69, 9.17) is 9.84 Å². The third-order valence-corrected chi connectivity index (χ3v) is 5.74. The first-order chi connectivity index (χ1) is 13.5. The Kier molecular flexibility index (Phi) is 6.67. The van der Waals surface area contributed by atoms with E-state index in [1.54, 1.807) is 9.80 Å². The van der Waals surface area contributed by atoms with Crippen molar-refractivity contribution in [3.63, 3.8) is 0 Å². The molecule has 0 aromatic heterocycles. The molecule has 2 saturated heterocycles. The normalized spacial score (nSPS) is 21.5.